The topological polar surface area (TPSA) is 93.3 Å². The van der Waals surface area contributed by atoms with Gasteiger partial charge in [0, 0.05) is 44.5 Å². The lowest BCUT2D eigenvalue weighted by Gasteiger charge is -2.30. The third kappa shape index (κ3) is 3.37. The predicted octanol–water partition coefficient (Wildman–Crippen LogP) is 2.57. The Morgan fingerprint density at radius 2 is 2.00 bits per heavy atom. The van der Waals surface area contributed by atoms with Crippen molar-refractivity contribution >= 4 is 23.1 Å². The van der Waals surface area contributed by atoms with Crippen molar-refractivity contribution < 1.29 is 9.72 Å². The van der Waals surface area contributed by atoms with Gasteiger partial charge >= 0.3 is 0 Å². The molecule has 0 saturated carbocycles. The molecule has 8 heteroatoms. The maximum Gasteiger partial charge on any atom is 0.270 e. The zero-order valence-corrected chi connectivity index (χ0v) is 13.4. The standard InChI is InChI=1S/C16H19N5O3/c1-19-10-7-15(18-19)17-16(22)13-11-12(21(23)24)5-6-14(13)20-8-3-2-4-9-20/h5-7,10-11H,2-4,8-9H2,1H3,(H,17,18,22). The van der Waals surface area contributed by atoms with E-state index in [1.54, 1.807) is 30.1 Å². The average Bonchev–Trinajstić information content (AvgIpc) is 3.00. The molecule has 2 heterocycles. The number of aromatic nitrogens is 2. The Morgan fingerprint density at radius 3 is 2.62 bits per heavy atom. The van der Waals surface area contributed by atoms with E-state index in [2.05, 4.69) is 15.3 Å². The minimum absolute atomic E-state index is 0.0954. The quantitative estimate of drug-likeness (QED) is 0.687. The van der Waals surface area contributed by atoms with Crippen LogP contribution < -0.4 is 10.2 Å². The van der Waals surface area contributed by atoms with E-state index in [1.807, 2.05) is 0 Å². The number of rotatable bonds is 4. The first-order chi connectivity index (χ1) is 11.5. The van der Waals surface area contributed by atoms with Crippen molar-refractivity contribution in [2.45, 2.75) is 19.3 Å². The first kappa shape index (κ1) is 16.0. The molecule has 24 heavy (non-hydrogen) atoms. The maximum atomic E-state index is 12.7. The molecule has 1 aromatic heterocycles. The summed E-state index contributed by atoms with van der Waals surface area (Å²) in [6.45, 7) is 1.70. The van der Waals surface area contributed by atoms with E-state index >= 15 is 0 Å². The van der Waals surface area contributed by atoms with Crippen LogP contribution in [0.15, 0.2) is 30.5 Å². The van der Waals surface area contributed by atoms with E-state index in [-0.39, 0.29) is 5.69 Å². The number of nitrogens with one attached hydrogen (secondary N) is 1. The summed E-state index contributed by atoms with van der Waals surface area (Å²) in [6.07, 6.45) is 4.99. The molecule has 0 spiro atoms. The van der Waals surface area contributed by atoms with E-state index in [9.17, 15) is 14.9 Å². The number of nitro benzene ring substituents is 1. The van der Waals surface area contributed by atoms with Crippen molar-refractivity contribution in [3.05, 3.63) is 46.1 Å². The number of non-ortho nitro benzene ring substituents is 1. The molecule has 0 atom stereocenters. The van der Waals surface area contributed by atoms with Crippen LogP contribution in [-0.2, 0) is 7.05 Å². The van der Waals surface area contributed by atoms with Gasteiger partial charge in [-0.05, 0) is 25.3 Å². The Bertz CT molecular complexity index is 765. The summed E-state index contributed by atoms with van der Waals surface area (Å²) in [6, 6.07) is 6.12. The van der Waals surface area contributed by atoms with E-state index in [0.717, 1.165) is 31.6 Å². The minimum atomic E-state index is -0.489. The number of anilines is 2. The molecular formula is C16H19N5O3. The van der Waals surface area contributed by atoms with Gasteiger partial charge < -0.3 is 10.2 Å². The number of nitro groups is 1. The van der Waals surface area contributed by atoms with Crippen LogP contribution in [0.5, 0.6) is 0 Å². The third-order valence-corrected chi connectivity index (χ3v) is 4.09. The fourth-order valence-electron chi connectivity index (χ4n) is 2.90. The van der Waals surface area contributed by atoms with Gasteiger partial charge in [-0.15, -0.1) is 0 Å². The van der Waals surface area contributed by atoms with Gasteiger partial charge in [-0.1, -0.05) is 0 Å². The zero-order chi connectivity index (χ0) is 17.1. The van der Waals surface area contributed by atoms with Crippen LogP contribution in [0.3, 0.4) is 0 Å². The molecule has 2 aromatic rings. The van der Waals surface area contributed by atoms with Crippen LogP contribution in [0.4, 0.5) is 17.2 Å². The van der Waals surface area contributed by atoms with Gasteiger partial charge in [-0.25, -0.2) is 0 Å². The van der Waals surface area contributed by atoms with Gasteiger partial charge in [-0.2, -0.15) is 5.10 Å². The highest BCUT2D eigenvalue weighted by Gasteiger charge is 2.22. The van der Waals surface area contributed by atoms with Crippen LogP contribution in [0.1, 0.15) is 29.6 Å². The molecule has 0 radical (unpaired) electrons. The van der Waals surface area contributed by atoms with E-state index < -0.39 is 10.8 Å². The van der Waals surface area contributed by atoms with Crippen molar-refractivity contribution in [3.8, 4) is 0 Å². The molecule has 1 fully saturated rings. The maximum absolute atomic E-state index is 12.7. The predicted molar refractivity (Wildman–Crippen MR) is 90.3 cm³/mol. The minimum Gasteiger partial charge on any atom is -0.371 e. The summed E-state index contributed by atoms with van der Waals surface area (Å²) in [5.74, 6) is 0.0246. The molecule has 1 aromatic carbocycles. The lowest BCUT2D eigenvalue weighted by molar-refractivity contribution is -0.384. The molecule has 1 aliphatic rings. The highest BCUT2D eigenvalue weighted by molar-refractivity contribution is 6.08. The second-order valence-electron chi connectivity index (χ2n) is 5.84. The monoisotopic (exact) mass is 329 g/mol. The lowest BCUT2D eigenvalue weighted by Crippen LogP contribution is -2.31. The van der Waals surface area contributed by atoms with E-state index in [1.165, 1.54) is 18.6 Å². The second-order valence-corrected chi connectivity index (χ2v) is 5.84. The summed E-state index contributed by atoms with van der Waals surface area (Å²) in [5.41, 5.74) is 0.937. The van der Waals surface area contributed by atoms with Crippen LogP contribution in [0, 0.1) is 10.1 Å². The Hall–Kier alpha value is -2.90. The van der Waals surface area contributed by atoms with Gasteiger partial charge in [0.05, 0.1) is 16.2 Å². The lowest BCUT2D eigenvalue weighted by atomic mass is 10.1. The summed E-state index contributed by atoms with van der Waals surface area (Å²) in [5, 5.41) is 17.9. The molecule has 8 nitrogen and oxygen atoms in total. The number of benzene rings is 1. The number of carbonyl (C=O) groups is 1. The van der Waals surface area contributed by atoms with Crippen molar-refractivity contribution in [2.24, 2.45) is 7.05 Å². The van der Waals surface area contributed by atoms with Crippen LogP contribution in [-0.4, -0.2) is 33.7 Å². The third-order valence-electron chi connectivity index (χ3n) is 4.09. The molecule has 126 valence electrons. The SMILES string of the molecule is Cn1ccc(NC(=O)c2cc([N+](=O)[O-])ccc2N2CCCCC2)n1. The van der Waals surface area contributed by atoms with Crippen LogP contribution in [0.25, 0.3) is 0 Å². The Morgan fingerprint density at radius 1 is 1.25 bits per heavy atom. The average molecular weight is 329 g/mol. The first-order valence-corrected chi connectivity index (χ1v) is 7.89. The number of carbonyl (C=O) groups excluding carboxylic acids is 1. The molecule has 1 saturated heterocycles. The summed E-state index contributed by atoms with van der Waals surface area (Å²) < 4.78 is 1.58. The number of piperidine rings is 1. The number of hydrogen-bond donors (Lipinski definition) is 1. The van der Waals surface area contributed by atoms with E-state index in [4.69, 9.17) is 0 Å². The highest BCUT2D eigenvalue weighted by Crippen LogP contribution is 2.28. The van der Waals surface area contributed by atoms with Crippen molar-refractivity contribution in [1.82, 2.24) is 9.78 Å². The first-order valence-electron chi connectivity index (χ1n) is 7.89. The summed E-state index contributed by atoms with van der Waals surface area (Å²) in [7, 11) is 1.75. The number of amides is 1. The van der Waals surface area contributed by atoms with Gasteiger partial charge in [0.15, 0.2) is 5.82 Å². The fraction of sp³-hybridized carbons (Fsp3) is 0.375. The summed E-state index contributed by atoms with van der Waals surface area (Å²) in [4.78, 5) is 25.3. The van der Waals surface area contributed by atoms with Gasteiger partial charge in [0.1, 0.15) is 0 Å². The van der Waals surface area contributed by atoms with Gasteiger partial charge in [0.25, 0.3) is 11.6 Å². The normalized spacial score (nSPS) is 14.5. The fourth-order valence-corrected chi connectivity index (χ4v) is 2.90. The molecule has 0 unspecified atom stereocenters. The second kappa shape index (κ2) is 6.69. The molecule has 1 N–H and O–H groups in total. The zero-order valence-electron chi connectivity index (χ0n) is 13.4. The van der Waals surface area contributed by atoms with Crippen molar-refractivity contribution in [1.29, 1.82) is 0 Å². The number of nitrogens with zero attached hydrogens (tertiary/aromatic N) is 4. The molecule has 1 aliphatic heterocycles. The Kier molecular flexibility index (Phi) is 4.45. The molecular weight excluding hydrogens is 310 g/mol. The smallest absolute Gasteiger partial charge is 0.270 e. The number of aryl methyl sites for hydroxylation is 1. The molecule has 1 amide bonds. The molecule has 0 aliphatic carbocycles. The van der Waals surface area contributed by atoms with E-state index in [0.29, 0.717) is 11.4 Å². The van der Waals surface area contributed by atoms with Gasteiger partial charge in [-0.3, -0.25) is 19.6 Å². The van der Waals surface area contributed by atoms with Crippen LogP contribution in [0.2, 0.25) is 0 Å². The highest BCUT2D eigenvalue weighted by atomic mass is 16.6. The largest absolute Gasteiger partial charge is 0.371 e. The molecule has 0 bridgehead atoms. The number of hydrogen-bond acceptors (Lipinski definition) is 5. The van der Waals surface area contributed by atoms with Crippen molar-refractivity contribution in [3.63, 3.8) is 0 Å². The Labute approximate surface area is 139 Å². The van der Waals surface area contributed by atoms with Gasteiger partial charge in [0.2, 0.25) is 0 Å². The van der Waals surface area contributed by atoms with Crippen molar-refractivity contribution in [2.75, 3.05) is 23.3 Å². The molecule has 3 rings (SSSR count). The van der Waals surface area contributed by atoms with Crippen LogP contribution >= 0.6 is 0 Å². The Balaban J connectivity index is 1.93. The summed E-state index contributed by atoms with van der Waals surface area (Å²) >= 11 is 0.